The van der Waals surface area contributed by atoms with Gasteiger partial charge < -0.3 is 9.64 Å². The van der Waals surface area contributed by atoms with E-state index in [2.05, 4.69) is 4.74 Å². The number of ether oxygens (including phenoxy) is 1. The second-order valence-corrected chi connectivity index (χ2v) is 4.11. The Balaban J connectivity index is 2.80. The average Bonchev–Trinajstić information content (AvgIpc) is 2.63. The molecule has 0 aliphatic carbocycles. The number of alkyl halides is 3. The molecule has 1 heterocycles. The van der Waals surface area contributed by atoms with E-state index in [0.717, 1.165) is 4.90 Å². The van der Waals surface area contributed by atoms with Crippen molar-refractivity contribution in [3.63, 3.8) is 0 Å². The number of methoxy groups -OCH3 is 1. The van der Waals surface area contributed by atoms with E-state index in [-0.39, 0.29) is 19.4 Å². The third kappa shape index (κ3) is 2.69. The first kappa shape index (κ1) is 13.8. The first-order valence-electron chi connectivity index (χ1n) is 5.07. The van der Waals surface area contributed by atoms with E-state index >= 15 is 0 Å². The van der Waals surface area contributed by atoms with Gasteiger partial charge >= 0.3 is 6.18 Å². The second kappa shape index (κ2) is 4.92. The minimum atomic E-state index is -4.41. The van der Waals surface area contributed by atoms with Crippen LogP contribution in [0.25, 0.3) is 0 Å². The smallest absolute Gasteiger partial charge is 0.384 e. The molecule has 1 aliphatic rings. The molecule has 0 aromatic heterocycles. The predicted octanol–water partition coefficient (Wildman–Crippen LogP) is 1.33. The second-order valence-electron chi connectivity index (χ2n) is 4.11. The van der Waals surface area contributed by atoms with Crippen LogP contribution in [0.5, 0.6) is 0 Å². The fraction of sp³-hybridized carbons (Fsp3) is 0.800. The largest absolute Gasteiger partial charge is 0.398 e. The molecule has 0 N–H and O–H groups in total. The maximum atomic E-state index is 12.9. The van der Waals surface area contributed by atoms with Crippen molar-refractivity contribution >= 4 is 5.91 Å². The quantitative estimate of drug-likeness (QED) is 0.759. The van der Waals surface area contributed by atoms with Crippen molar-refractivity contribution in [2.75, 3.05) is 26.8 Å². The van der Waals surface area contributed by atoms with Crippen molar-refractivity contribution in [1.82, 2.24) is 4.90 Å². The van der Waals surface area contributed by atoms with Crippen LogP contribution in [0.15, 0.2) is 0 Å². The van der Waals surface area contributed by atoms with Crippen molar-refractivity contribution < 1.29 is 22.7 Å². The van der Waals surface area contributed by atoms with Crippen molar-refractivity contribution in [2.45, 2.75) is 19.0 Å². The Hall–Kier alpha value is -1.29. The van der Waals surface area contributed by atoms with E-state index < -0.39 is 30.7 Å². The maximum absolute atomic E-state index is 12.9. The van der Waals surface area contributed by atoms with Crippen molar-refractivity contribution in [1.29, 1.82) is 5.26 Å². The molecule has 1 aliphatic heterocycles. The Morgan fingerprint density at radius 1 is 1.59 bits per heavy atom. The summed E-state index contributed by atoms with van der Waals surface area (Å²) in [6, 6.07) is 1.64. The molecule has 0 saturated carbocycles. The van der Waals surface area contributed by atoms with Crippen molar-refractivity contribution in [3.05, 3.63) is 0 Å². The van der Waals surface area contributed by atoms with E-state index in [9.17, 15) is 18.0 Å². The molecule has 17 heavy (non-hydrogen) atoms. The van der Waals surface area contributed by atoms with Crippen molar-refractivity contribution in [3.8, 4) is 6.07 Å². The van der Waals surface area contributed by atoms with Gasteiger partial charge in [0.15, 0.2) is 0 Å². The van der Waals surface area contributed by atoms with E-state index in [1.54, 1.807) is 6.07 Å². The highest BCUT2D eigenvalue weighted by atomic mass is 19.4. The monoisotopic (exact) mass is 250 g/mol. The lowest BCUT2D eigenvalue weighted by atomic mass is 9.87. The Kier molecular flexibility index (Phi) is 3.98. The number of amides is 1. The van der Waals surface area contributed by atoms with Crippen LogP contribution in [0, 0.1) is 16.7 Å². The van der Waals surface area contributed by atoms with Gasteiger partial charge in [0.2, 0.25) is 5.91 Å². The molecule has 0 spiro atoms. The van der Waals surface area contributed by atoms with Crippen LogP contribution in [0.1, 0.15) is 12.8 Å². The van der Waals surface area contributed by atoms with Gasteiger partial charge in [-0.2, -0.15) is 18.4 Å². The third-order valence-corrected chi connectivity index (χ3v) is 2.96. The summed E-state index contributed by atoms with van der Waals surface area (Å²) in [6.07, 6.45) is -4.98. The van der Waals surface area contributed by atoms with Gasteiger partial charge in [-0.05, 0) is 6.42 Å². The standard InChI is InChI=1S/C10H13F3N2O2/c1-17-7-9(10(11,12)13)3-5-15(6-9)8(16)2-4-14/h2-3,5-7H2,1H3/t9-/m0/s1. The highest BCUT2D eigenvalue weighted by molar-refractivity contribution is 5.78. The molecule has 7 heteroatoms. The van der Waals surface area contributed by atoms with Crippen LogP contribution >= 0.6 is 0 Å². The summed E-state index contributed by atoms with van der Waals surface area (Å²) in [5.41, 5.74) is -1.99. The van der Waals surface area contributed by atoms with Gasteiger partial charge in [-0.25, -0.2) is 0 Å². The minimum absolute atomic E-state index is 0.0172. The Bertz CT molecular complexity index is 337. The molecule has 1 atom stereocenters. The number of carbonyl (C=O) groups excluding carboxylic acids is 1. The zero-order valence-electron chi connectivity index (χ0n) is 9.38. The van der Waals surface area contributed by atoms with Gasteiger partial charge in [0.1, 0.15) is 11.8 Å². The fourth-order valence-electron chi connectivity index (χ4n) is 1.97. The van der Waals surface area contributed by atoms with Crippen LogP contribution in [0.4, 0.5) is 13.2 Å². The number of hydrogen-bond donors (Lipinski definition) is 0. The molecule has 0 bridgehead atoms. The zero-order chi connectivity index (χ0) is 13.1. The Labute approximate surface area is 96.9 Å². The van der Waals surface area contributed by atoms with Gasteiger partial charge in [0.05, 0.1) is 12.7 Å². The third-order valence-electron chi connectivity index (χ3n) is 2.96. The number of nitriles is 1. The molecule has 0 radical (unpaired) electrons. The summed E-state index contributed by atoms with van der Waals surface area (Å²) < 4.78 is 43.4. The van der Waals surface area contributed by atoms with E-state index in [1.807, 2.05) is 0 Å². The van der Waals surface area contributed by atoms with Crippen LogP contribution < -0.4 is 0 Å². The number of hydrogen-bond acceptors (Lipinski definition) is 3. The summed E-state index contributed by atoms with van der Waals surface area (Å²) in [5.74, 6) is -0.560. The molecular formula is C10H13F3N2O2. The van der Waals surface area contributed by atoms with Gasteiger partial charge in [0, 0.05) is 20.2 Å². The Morgan fingerprint density at radius 2 is 2.24 bits per heavy atom. The lowest BCUT2D eigenvalue weighted by molar-refractivity contribution is -0.232. The molecule has 96 valence electrons. The SMILES string of the molecule is COC[C@]1(C(F)(F)F)CCN(C(=O)CC#N)C1. The summed E-state index contributed by atoms with van der Waals surface area (Å²) in [6.45, 7) is -0.874. The van der Waals surface area contributed by atoms with E-state index in [1.165, 1.54) is 7.11 Å². The van der Waals surface area contributed by atoms with E-state index in [4.69, 9.17) is 5.26 Å². The minimum Gasteiger partial charge on any atom is -0.384 e. The van der Waals surface area contributed by atoms with Crippen molar-refractivity contribution in [2.24, 2.45) is 5.41 Å². The number of rotatable bonds is 3. The predicted molar refractivity (Wildman–Crippen MR) is 51.8 cm³/mol. The van der Waals surface area contributed by atoms with Gasteiger partial charge in [-0.3, -0.25) is 4.79 Å². The number of carbonyl (C=O) groups is 1. The highest BCUT2D eigenvalue weighted by Gasteiger charge is 2.58. The first-order valence-corrected chi connectivity index (χ1v) is 5.07. The molecule has 4 nitrogen and oxygen atoms in total. The van der Waals surface area contributed by atoms with Crippen LogP contribution in [-0.4, -0.2) is 43.8 Å². The molecule has 1 rings (SSSR count). The number of nitrogens with zero attached hydrogens (tertiary/aromatic N) is 2. The number of likely N-dealkylation sites (tertiary alicyclic amines) is 1. The Morgan fingerprint density at radius 3 is 2.71 bits per heavy atom. The van der Waals surface area contributed by atoms with Crippen LogP contribution in [0.3, 0.4) is 0 Å². The summed E-state index contributed by atoms with van der Waals surface area (Å²) >= 11 is 0. The molecular weight excluding hydrogens is 237 g/mol. The molecule has 1 saturated heterocycles. The lowest BCUT2D eigenvalue weighted by Crippen LogP contribution is -2.45. The maximum Gasteiger partial charge on any atom is 0.398 e. The summed E-state index contributed by atoms with van der Waals surface area (Å²) in [5, 5.41) is 8.35. The molecule has 0 aromatic rings. The topological polar surface area (TPSA) is 53.3 Å². The lowest BCUT2D eigenvalue weighted by Gasteiger charge is -2.30. The normalized spacial score (nSPS) is 24.8. The summed E-state index contributed by atoms with van der Waals surface area (Å²) in [7, 11) is 1.20. The number of halogens is 3. The summed E-state index contributed by atoms with van der Waals surface area (Å²) in [4.78, 5) is 12.4. The van der Waals surface area contributed by atoms with Crippen LogP contribution in [0.2, 0.25) is 0 Å². The van der Waals surface area contributed by atoms with Gasteiger partial charge in [-0.15, -0.1) is 0 Å². The molecule has 0 aromatic carbocycles. The van der Waals surface area contributed by atoms with Gasteiger partial charge in [-0.1, -0.05) is 0 Å². The molecule has 1 fully saturated rings. The highest BCUT2D eigenvalue weighted by Crippen LogP contribution is 2.45. The van der Waals surface area contributed by atoms with Gasteiger partial charge in [0.25, 0.3) is 0 Å². The zero-order valence-corrected chi connectivity index (χ0v) is 9.38. The first-order chi connectivity index (χ1) is 7.86. The average molecular weight is 250 g/mol. The molecule has 0 unspecified atom stereocenters. The van der Waals surface area contributed by atoms with Crippen LogP contribution in [-0.2, 0) is 9.53 Å². The molecule has 1 amide bonds. The fourth-order valence-corrected chi connectivity index (χ4v) is 1.97. The van der Waals surface area contributed by atoms with E-state index in [0.29, 0.717) is 0 Å².